The molecule has 2 rings (SSSR count). The summed E-state index contributed by atoms with van der Waals surface area (Å²) in [5, 5.41) is 9.98. The van der Waals surface area contributed by atoms with Crippen LogP contribution in [0.1, 0.15) is 11.1 Å². The van der Waals surface area contributed by atoms with E-state index in [4.69, 9.17) is 9.88 Å². The smallest absolute Gasteiger partial charge is 0.309 e. The summed E-state index contributed by atoms with van der Waals surface area (Å²) >= 11 is 0. The normalized spacial score (nSPS) is 10.8. The third-order valence-electron chi connectivity index (χ3n) is 3.52. The second-order valence-electron chi connectivity index (χ2n) is 5.40. The van der Waals surface area contributed by atoms with E-state index in [1.807, 2.05) is 0 Å². The van der Waals surface area contributed by atoms with Crippen molar-refractivity contribution < 1.29 is 22.7 Å². The summed E-state index contributed by atoms with van der Waals surface area (Å²) in [4.78, 5) is 23.6. The molecular weight excluding hydrogens is 358 g/mol. The zero-order chi connectivity index (χ0) is 19.2. The summed E-state index contributed by atoms with van der Waals surface area (Å²) in [5.41, 5.74) is 1.46. The number of nitrogens with one attached hydrogen (secondary N) is 2. The quantitative estimate of drug-likeness (QED) is 0.623. The molecule has 2 aromatic carbocycles. The summed E-state index contributed by atoms with van der Waals surface area (Å²) < 4.78 is 27.4. The van der Waals surface area contributed by atoms with Gasteiger partial charge in [0, 0.05) is 13.1 Å². The number of benzene rings is 2. The molecule has 0 atom stereocenters. The van der Waals surface area contributed by atoms with Crippen LogP contribution in [-0.4, -0.2) is 27.3 Å². The molecule has 0 aromatic heterocycles. The van der Waals surface area contributed by atoms with E-state index in [1.54, 1.807) is 31.4 Å². The molecule has 0 radical (unpaired) electrons. The topological polar surface area (TPSA) is 128 Å². The van der Waals surface area contributed by atoms with Crippen LogP contribution in [0.15, 0.2) is 53.4 Å². The molecule has 0 aliphatic heterocycles. The summed E-state index contributed by atoms with van der Waals surface area (Å²) in [5.74, 6) is -0.845. The van der Waals surface area contributed by atoms with E-state index in [2.05, 4.69) is 10.6 Å². The van der Waals surface area contributed by atoms with E-state index in [-0.39, 0.29) is 18.0 Å². The molecule has 4 N–H and O–H groups in total. The Morgan fingerprint density at radius 3 is 1.69 bits per heavy atom. The molecule has 0 unspecified atom stereocenters. The van der Waals surface area contributed by atoms with Gasteiger partial charge >= 0.3 is 11.8 Å². The zero-order valence-electron chi connectivity index (χ0n) is 14.1. The van der Waals surface area contributed by atoms with Crippen LogP contribution in [0.3, 0.4) is 0 Å². The average Bonchev–Trinajstić information content (AvgIpc) is 2.64. The number of carbonyl (C=O) groups is 2. The van der Waals surface area contributed by atoms with Crippen LogP contribution < -0.4 is 20.5 Å². The molecule has 0 aliphatic rings. The van der Waals surface area contributed by atoms with Gasteiger partial charge in [0.2, 0.25) is 10.0 Å². The van der Waals surface area contributed by atoms with E-state index < -0.39 is 21.8 Å². The van der Waals surface area contributed by atoms with E-state index in [0.717, 1.165) is 5.56 Å². The first-order valence-corrected chi connectivity index (χ1v) is 9.15. The van der Waals surface area contributed by atoms with Crippen LogP contribution in [0.2, 0.25) is 0 Å². The number of sulfonamides is 1. The Bertz CT molecular complexity index is 878. The molecule has 0 aliphatic carbocycles. The average molecular weight is 377 g/mol. The number of methoxy groups -OCH3 is 1. The van der Waals surface area contributed by atoms with Gasteiger partial charge < -0.3 is 15.4 Å². The first-order chi connectivity index (χ1) is 12.3. The standard InChI is InChI=1S/C17H19N3O5S/c1-25-14-6-2-12(3-7-14)10-19-16(21)17(22)20-11-13-4-8-15(9-5-13)26(18,23)24/h2-9H,10-11H2,1H3,(H,19,21)(H,20,22)(H2,18,23,24). The fraction of sp³-hybridized carbons (Fsp3) is 0.176. The van der Waals surface area contributed by atoms with Crippen LogP contribution in [-0.2, 0) is 32.7 Å². The molecule has 9 heteroatoms. The summed E-state index contributed by atoms with van der Waals surface area (Å²) in [7, 11) is -2.20. The number of ether oxygens (including phenoxy) is 1. The number of primary sulfonamides is 1. The number of amides is 2. The van der Waals surface area contributed by atoms with Crippen LogP contribution in [0.5, 0.6) is 5.75 Å². The van der Waals surface area contributed by atoms with Gasteiger partial charge in [0.05, 0.1) is 12.0 Å². The van der Waals surface area contributed by atoms with Gasteiger partial charge in [0.25, 0.3) is 0 Å². The van der Waals surface area contributed by atoms with Gasteiger partial charge in [-0.3, -0.25) is 9.59 Å². The number of hydrogen-bond donors (Lipinski definition) is 3. The van der Waals surface area contributed by atoms with Crippen LogP contribution >= 0.6 is 0 Å². The highest BCUT2D eigenvalue weighted by molar-refractivity contribution is 7.89. The Morgan fingerprint density at radius 2 is 1.31 bits per heavy atom. The minimum Gasteiger partial charge on any atom is -0.497 e. The maximum absolute atomic E-state index is 11.8. The Kier molecular flexibility index (Phi) is 6.31. The SMILES string of the molecule is COc1ccc(CNC(=O)C(=O)NCc2ccc(S(N)(=O)=O)cc2)cc1. The van der Waals surface area contributed by atoms with Crippen molar-refractivity contribution in [2.75, 3.05) is 7.11 Å². The number of carbonyl (C=O) groups excluding carboxylic acids is 2. The molecule has 2 aromatic rings. The lowest BCUT2D eigenvalue weighted by molar-refractivity contribution is -0.139. The predicted molar refractivity (Wildman–Crippen MR) is 94.5 cm³/mol. The second-order valence-corrected chi connectivity index (χ2v) is 6.96. The molecule has 138 valence electrons. The Balaban J connectivity index is 1.82. The van der Waals surface area contributed by atoms with Gasteiger partial charge in [0.1, 0.15) is 5.75 Å². The van der Waals surface area contributed by atoms with Gasteiger partial charge in [-0.25, -0.2) is 13.6 Å². The number of rotatable bonds is 6. The van der Waals surface area contributed by atoms with Crippen molar-refractivity contribution in [3.8, 4) is 5.75 Å². The molecule has 8 nitrogen and oxygen atoms in total. The van der Waals surface area contributed by atoms with E-state index in [0.29, 0.717) is 11.3 Å². The van der Waals surface area contributed by atoms with Crippen LogP contribution in [0.25, 0.3) is 0 Å². The Labute approximate surface area is 151 Å². The molecule has 0 heterocycles. The maximum atomic E-state index is 11.8. The van der Waals surface area contributed by atoms with Crippen molar-refractivity contribution >= 4 is 21.8 Å². The van der Waals surface area contributed by atoms with Crippen molar-refractivity contribution in [3.05, 3.63) is 59.7 Å². The highest BCUT2D eigenvalue weighted by atomic mass is 32.2. The van der Waals surface area contributed by atoms with Crippen LogP contribution in [0.4, 0.5) is 0 Å². The van der Waals surface area contributed by atoms with Gasteiger partial charge in [-0.1, -0.05) is 24.3 Å². The molecule has 0 fully saturated rings. The summed E-state index contributed by atoms with van der Waals surface area (Å²) in [6.45, 7) is 0.291. The van der Waals surface area contributed by atoms with Crippen LogP contribution in [0, 0.1) is 0 Å². The van der Waals surface area contributed by atoms with Crippen molar-refractivity contribution in [2.24, 2.45) is 5.14 Å². The number of nitrogens with two attached hydrogens (primary N) is 1. The second kappa shape index (κ2) is 8.45. The monoisotopic (exact) mass is 377 g/mol. The van der Waals surface area contributed by atoms with Gasteiger partial charge in [-0.2, -0.15) is 0 Å². The predicted octanol–water partition coefficient (Wildman–Crippen LogP) is 0.275. The molecule has 0 bridgehead atoms. The third-order valence-corrected chi connectivity index (χ3v) is 4.45. The minimum absolute atomic E-state index is 0.0233. The highest BCUT2D eigenvalue weighted by Gasteiger charge is 2.13. The molecule has 26 heavy (non-hydrogen) atoms. The first-order valence-electron chi connectivity index (χ1n) is 7.60. The van der Waals surface area contributed by atoms with Gasteiger partial charge in [0.15, 0.2) is 0 Å². The van der Waals surface area contributed by atoms with E-state index in [1.165, 1.54) is 24.3 Å². The third kappa shape index (κ3) is 5.57. The fourth-order valence-electron chi connectivity index (χ4n) is 2.07. The highest BCUT2D eigenvalue weighted by Crippen LogP contribution is 2.11. The Morgan fingerprint density at radius 1 is 0.885 bits per heavy atom. The lowest BCUT2D eigenvalue weighted by Crippen LogP contribution is -2.39. The maximum Gasteiger partial charge on any atom is 0.309 e. The first kappa shape index (κ1) is 19.4. The lowest BCUT2D eigenvalue weighted by atomic mass is 10.2. The molecule has 0 spiro atoms. The van der Waals surface area contributed by atoms with Crippen molar-refractivity contribution in [1.29, 1.82) is 0 Å². The summed E-state index contributed by atoms with van der Waals surface area (Å²) in [6.07, 6.45) is 0. The lowest BCUT2D eigenvalue weighted by Gasteiger charge is -2.08. The molecule has 0 saturated carbocycles. The van der Waals surface area contributed by atoms with Crippen molar-refractivity contribution in [1.82, 2.24) is 10.6 Å². The zero-order valence-corrected chi connectivity index (χ0v) is 14.9. The molecule has 0 saturated heterocycles. The number of hydrogen-bond acceptors (Lipinski definition) is 5. The van der Waals surface area contributed by atoms with Crippen molar-refractivity contribution in [2.45, 2.75) is 18.0 Å². The molecule has 2 amide bonds. The minimum atomic E-state index is -3.76. The largest absolute Gasteiger partial charge is 0.497 e. The Hall–Kier alpha value is -2.91. The van der Waals surface area contributed by atoms with Crippen molar-refractivity contribution in [3.63, 3.8) is 0 Å². The fourth-order valence-corrected chi connectivity index (χ4v) is 2.58. The van der Waals surface area contributed by atoms with Gasteiger partial charge in [-0.15, -0.1) is 0 Å². The summed E-state index contributed by atoms with van der Waals surface area (Å²) in [6, 6.07) is 12.8. The van der Waals surface area contributed by atoms with E-state index in [9.17, 15) is 18.0 Å². The van der Waals surface area contributed by atoms with E-state index >= 15 is 0 Å². The molecular formula is C17H19N3O5S. The van der Waals surface area contributed by atoms with Gasteiger partial charge in [-0.05, 0) is 35.4 Å².